The summed E-state index contributed by atoms with van der Waals surface area (Å²) in [6, 6.07) is 14.8. The molecule has 0 saturated carbocycles. The lowest BCUT2D eigenvalue weighted by Gasteiger charge is -2.27. The fraction of sp³-hybridized carbons (Fsp3) is 0.378. The highest BCUT2D eigenvalue weighted by Gasteiger charge is 2.33. The van der Waals surface area contributed by atoms with Crippen molar-refractivity contribution in [1.82, 2.24) is 26.2 Å². The molecule has 1 saturated heterocycles. The Balaban J connectivity index is 1.71. The number of aliphatic imine (C=N–C) groups is 2. The van der Waals surface area contributed by atoms with Crippen LogP contribution in [0.1, 0.15) is 36.8 Å². The van der Waals surface area contributed by atoms with Crippen molar-refractivity contribution in [1.29, 1.82) is 0 Å². The average molecular weight is 744 g/mol. The largest absolute Gasteiger partial charge is 0.508 e. The van der Waals surface area contributed by atoms with Crippen LogP contribution in [0.4, 0.5) is 0 Å². The molecular formula is C37H49N11O6. The van der Waals surface area contributed by atoms with Crippen molar-refractivity contribution >= 4 is 52.2 Å². The van der Waals surface area contributed by atoms with E-state index in [1.54, 1.807) is 12.1 Å². The van der Waals surface area contributed by atoms with Crippen LogP contribution in [0.25, 0.3) is 10.8 Å². The molecule has 1 aliphatic heterocycles. The van der Waals surface area contributed by atoms with Gasteiger partial charge in [-0.15, -0.1) is 0 Å². The van der Waals surface area contributed by atoms with Gasteiger partial charge in [-0.25, -0.2) is 0 Å². The Morgan fingerprint density at radius 1 is 0.667 bits per heavy atom. The van der Waals surface area contributed by atoms with E-state index in [-0.39, 0.29) is 69.3 Å². The van der Waals surface area contributed by atoms with Crippen molar-refractivity contribution in [3.05, 3.63) is 77.9 Å². The van der Waals surface area contributed by atoms with Gasteiger partial charge < -0.3 is 54.2 Å². The molecule has 17 nitrogen and oxygen atoms in total. The van der Waals surface area contributed by atoms with Gasteiger partial charge >= 0.3 is 0 Å². The van der Waals surface area contributed by atoms with E-state index in [2.05, 4.69) is 31.3 Å². The van der Waals surface area contributed by atoms with Gasteiger partial charge in [-0.05, 0) is 59.7 Å². The van der Waals surface area contributed by atoms with Gasteiger partial charge in [-0.2, -0.15) is 0 Å². The SMILES string of the molecule is CN1CC(=O)N[C@@H](Cc2ccc3ccccc3c2)C(=O)N[C@@H](CCCN=C(N)N)C(=O)N[C@H](CCCN=C(N)N)C(=O)N[C@H](Cc2ccc(O)cc2)C1=O. The van der Waals surface area contributed by atoms with E-state index in [4.69, 9.17) is 22.9 Å². The van der Waals surface area contributed by atoms with Crippen LogP contribution in [-0.4, -0.2) is 102 Å². The molecule has 4 atom stereocenters. The highest BCUT2D eigenvalue weighted by molar-refractivity contribution is 5.97. The molecule has 17 heteroatoms. The van der Waals surface area contributed by atoms with Gasteiger partial charge in [0.1, 0.15) is 29.9 Å². The molecule has 13 N–H and O–H groups in total. The van der Waals surface area contributed by atoms with Gasteiger partial charge in [0.15, 0.2) is 11.9 Å². The summed E-state index contributed by atoms with van der Waals surface area (Å²) in [5.74, 6) is -3.51. The molecule has 1 heterocycles. The van der Waals surface area contributed by atoms with Crippen LogP contribution in [0.5, 0.6) is 5.75 Å². The number of phenols is 1. The second-order valence-corrected chi connectivity index (χ2v) is 13.2. The van der Waals surface area contributed by atoms with E-state index in [9.17, 15) is 29.1 Å². The van der Waals surface area contributed by atoms with Gasteiger partial charge in [-0.3, -0.25) is 34.0 Å². The fourth-order valence-corrected chi connectivity index (χ4v) is 6.04. The van der Waals surface area contributed by atoms with E-state index in [0.717, 1.165) is 21.2 Å². The Morgan fingerprint density at radius 2 is 1.17 bits per heavy atom. The Morgan fingerprint density at radius 3 is 1.74 bits per heavy atom. The maximum absolute atomic E-state index is 14.0. The number of nitrogens with two attached hydrogens (primary N) is 4. The summed E-state index contributed by atoms with van der Waals surface area (Å²) < 4.78 is 0. The summed E-state index contributed by atoms with van der Waals surface area (Å²) >= 11 is 0. The number of nitrogens with one attached hydrogen (secondary N) is 4. The molecule has 0 spiro atoms. The molecule has 1 aliphatic rings. The maximum Gasteiger partial charge on any atom is 0.245 e. The number of likely N-dealkylation sites (N-methyl/N-ethyl adjacent to an activating group) is 1. The van der Waals surface area contributed by atoms with E-state index >= 15 is 0 Å². The van der Waals surface area contributed by atoms with E-state index in [1.807, 2.05) is 42.5 Å². The van der Waals surface area contributed by atoms with Crippen LogP contribution in [0.15, 0.2) is 76.7 Å². The number of amides is 5. The summed E-state index contributed by atoms with van der Waals surface area (Å²) in [4.78, 5) is 78.4. The second-order valence-electron chi connectivity index (χ2n) is 13.2. The van der Waals surface area contributed by atoms with E-state index in [0.29, 0.717) is 5.56 Å². The number of nitrogens with zero attached hydrogens (tertiary/aromatic N) is 3. The van der Waals surface area contributed by atoms with Crippen LogP contribution in [0.2, 0.25) is 0 Å². The van der Waals surface area contributed by atoms with Crippen LogP contribution >= 0.6 is 0 Å². The number of hydrogen-bond donors (Lipinski definition) is 9. The number of carbonyl (C=O) groups is 5. The minimum atomic E-state index is -1.18. The molecule has 288 valence electrons. The number of guanidine groups is 2. The highest BCUT2D eigenvalue weighted by Crippen LogP contribution is 2.18. The van der Waals surface area contributed by atoms with Crippen molar-refractivity contribution in [2.24, 2.45) is 32.9 Å². The number of carbonyl (C=O) groups excluding carboxylic acids is 5. The molecule has 4 rings (SSSR count). The first kappa shape index (κ1) is 40.4. The zero-order chi connectivity index (χ0) is 39.2. The van der Waals surface area contributed by atoms with E-state index in [1.165, 1.54) is 19.2 Å². The van der Waals surface area contributed by atoms with Crippen molar-refractivity contribution in [2.45, 2.75) is 62.7 Å². The fourth-order valence-electron chi connectivity index (χ4n) is 6.04. The molecule has 3 aromatic rings. The standard InChI is InChI=1S/C37H49N11O6/c1-48-21-31(50)44-29(20-23-10-13-24-6-2-3-7-25(24)18-23)34(53)46-27(8-4-16-42-36(38)39)32(51)45-28(9-5-17-43-37(40)41)33(52)47-30(35(48)54)19-22-11-14-26(49)15-12-22/h2-3,6-7,10-15,18,27-30,49H,4-5,8-9,16-17,19-21H2,1H3,(H,44,50)(H,45,51)(H,46,53)(H,47,52)(H4,38,39,42)(H4,40,41,43)/t27-,28+,29-,30+/m0/s1. The molecule has 0 aromatic heterocycles. The lowest BCUT2D eigenvalue weighted by Crippen LogP contribution is -2.58. The van der Waals surface area contributed by atoms with Gasteiger partial charge in [0.25, 0.3) is 0 Å². The lowest BCUT2D eigenvalue weighted by molar-refractivity contribution is -0.139. The van der Waals surface area contributed by atoms with Crippen LogP contribution < -0.4 is 44.2 Å². The molecule has 0 unspecified atom stereocenters. The van der Waals surface area contributed by atoms with Crippen LogP contribution in [0, 0.1) is 0 Å². The molecule has 0 radical (unpaired) electrons. The molecule has 54 heavy (non-hydrogen) atoms. The summed E-state index contributed by atoms with van der Waals surface area (Å²) in [5.41, 5.74) is 23.3. The lowest BCUT2D eigenvalue weighted by atomic mass is 10.0. The van der Waals surface area contributed by atoms with Crippen molar-refractivity contribution in [3.8, 4) is 5.75 Å². The second kappa shape index (κ2) is 19.4. The zero-order valence-electron chi connectivity index (χ0n) is 30.2. The molecule has 1 fully saturated rings. The number of aromatic hydroxyl groups is 1. The van der Waals surface area contributed by atoms with Crippen molar-refractivity contribution in [3.63, 3.8) is 0 Å². The number of phenolic OH excluding ortho intramolecular Hbond substituents is 1. The van der Waals surface area contributed by atoms with Crippen LogP contribution in [0.3, 0.4) is 0 Å². The predicted octanol–water partition coefficient (Wildman–Crippen LogP) is -1.15. The normalized spacial score (nSPS) is 20.1. The minimum Gasteiger partial charge on any atom is -0.508 e. The zero-order valence-corrected chi connectivity index (χ0v) is 30.2. The third-order valence-corrected chi connectivity index (χ3v) is 8.81. The number of benzene rings is 3. The van der Waals surface area contributed by atoms with Gasteiger partial charge in [0, 0.05) is 33.0 Å². The van der Waals surface area contributed by atoms with Gasteiger partial charge in [0.05, 0.1) is 6.54 Å². The van der Waals surface area contributed by atoms with Crippen molar-refractivity contribution < 1.29 is 29.1 Å². The third-order valence-electron chi connectivity index (χ3n) is 8.81. The molecule has 0 bridgehead atoms. The summed E-state index contributed by atoms with van der Waals surface area (Å²) in [7, 11) is 1.41. The first-order valence-corrected chi connectivity index (χ1v) is 17.6. The quantitative estimate of drug-likeness (QED) is 0.0610. The number of rotatable bonds is 12. The third kappa shape index (κ3) is 12.4. The Labute approximate surface area is 313 Å². The van der Waals surface area contributed by atoms with Gasteiger partial charge in [-0.1, -0.05) is 54.6 Å². The van der Waals surface area contributed by atoms with Crippen LogP contribution in [-0.2, 0) is 36.8 Å². The summed E-state index contributed by atoms with van der Waals surface area (Å²) in [5, 5.41) is 22.8. The Kier molecular flexibility index (Phi) is 14.5. The maximum atomic E-state index is 14.0. The number of hydrogen-bond acceptors (Lipinski definition) is 8. The molecule has 3 aromatic carbocycles. The Bertz CT molecular complexity index is 1860. The predicted molar refractivity (Wildman–Crippen MR) is 205 cm³/mol. The minimum absolute atomic E-state index is 0.00350. The first-order valence-electron chi connectivity index (χ1n) is 17.6. The topological polar surface area (TPSA) is 286 Å². The van der Waals surface area contributed by atoms with Gasteiger partial charge in [0.2, 0.25) is 29.5 Å². The monoisotopic (exact) mass is 743 g/mol. The molecule has 0 aliphatic carbocycles. The van der Waals surface area contributed by atoms with E-state index < -0.39 is 60.2 Å². The van der Waals surface area contributed by atoms with Crippen molar-refractivity contribution in [2.75, 3.05) is 26.7 Å². The number of fused-ring (bicyclic) bond motifs is 1. The molecule has 5 amide bonds. The highest BCUT2D eigenvalue weighted by atomic mass is 16.3. The summed E-state index contributed by atoms with van der Waals surface area (Å²) in [6.45, 7) is -0.123. The average Bonchev–Trinajstić information content (AvgIpc) is 3.13. The molecular weight excluding hydrogens is 694 g/mol. The summed E-state index contributed by atoms with van der Waals surface area (Å²) in [6.07, 6.45) is 0.790. The first-order chi connectivity index (χ1) is 25.8. The Hall–Kier alpha value is -6.39. The smallest absolute Gasteiger partial charge is 0.245 e.